The van der Waals surface area contributed by atoms with Crippen LogP contribution in [0.25, 0.3) is 0 Å². The van der Waals surface area contributed by atoms with Gasteiger partial charge in [-0.1, -0.05) is 43.7 Å². The lowest BCUT2D eigenvalue weighted by atomic mass is 9.59. The summed E-state index contributed by atoms with van der Waals surface area (Å²) in [5.74, 6) is 1.09. The molecule has 1 fully saturated rings. The van der Waals surface area contributed by atoms with Gasteiger partial charge in [-0.25, -0.2) is 0 Å². The summed E-state index contributed by atoms with van der Waals surface area (Å²) in [5.41, 5.74) is 1.76. The quantitative estimate of drug-likeness (QED) is 0.819. The fourth-order valence-corrected chi connectivity index (χ4v) is 3.58. The van der Waals surface area contributed by atoms with Crippen LogP contribution in [0.1, 0.15) is 43.9 Å². The molecule has 1 aromatic carbocycles. The predicted octanol–water partition coefficient (Wildman–Crippen LogP) is 4.31. The van der Waals surface area contributed by atoms with Gasteiger partial charge in [0.05, 0.1) is 6.26 Å². The predicted molar refractivity (Wildman–Crippen MR) is 86.5 cm³/mol. The standard InChI is InChI=1S/C19H25NO/c1-2-13-20-18(15-17-10-6-14-21-17)19(11-7-12-19)16-8-4-3-5-9-16/h3-6,8-10,14,18,20H,2,7,11-13,15H2,1H3. The SMILES string of the molecule is CCCNC(Cc1ccco1)C1(c2ccccc2)CCC1. The van der Waals surface area contributed by atoms with Crippen LogP contribution in [-0.2, 0) is 11.8 Å². The Bertz CT molecular complexity index is 528. The Hall–Kier alpha value is -1.54. The van der Waals surface area contributed by atoms with Crippen molar-refractivity contribution >= 4 is 0 Å². The minimum Gasteiger partial charge on any atom is -0.469 e. The summed E-state index contributed by atoms with van der Waals surface area (Å²) in [4.78, 5) is 0. The van der Waals surface area contributed by atoms with Crippen LogP contribution in [0.2, 0.25) is 0 Å². The Balaban J connectivity index is 1.86. The highest BCUT2D eigenvalue weighted by Gasteiger charge is 2.45. The molecule has 1 aliphatic rings. The van der Waals surface area contributed by atoms with Crippen LogP contribution in [0.4, 0.5) is 0 Å². The highest BCUT2D eigenvalue weighted by Crippen LogP contribution is 2.47. The maximum Gasteiger partial charge on any atom is 0.105 e. The molecule has 0 bridgehead atoms. The van der Waals surface area contributed by atoms with E-state index in [1.165, 1.54) is 31.2 Å². The van der Waals surface area contributed by atoms with Gasteiger partial charge in [-0.05, 0) is 43.5 Å². The van der Waals surface area contributed by atoms with E-state index in [4.69, 9.17) is 4.42 Å². The van der Waals surface area contributed by atoms with Crippen molar-refractivity contribution in [1.82, 2.24) is 5.32 Å². The molecule has 21 heavy (non-hydrogen) atoms. The molecule has 112 valence electrons. The first kappa shape index (κ1) is 14.4. The second kappa shape index (κ2) is 6.48. The highest BCUT2D eigenvalue weighted by molar-refractivity contribution is 5.31. The molecule has 1 saturated carbocycles. The Labute approximate surface area is 127 Å². The van der Waals surface area contributed by atoms with Crippen molar-refractivity contribution < 1.29 is 4.42 Å². The van der Waals surface area contributed by atoms with Crippen molar-refractivity contribution in [3.8, 4) is 0 Å². The second-order valence-corrected chi connectivity index (χ2v) is 6.17. The van der Waals surface area contributed by atoms with Crippen molar-refractivity contribution in [1.29, 1.82) is 0 Å². The van der Waals surface area contributed by atoms with Crippen molar-refractivity contribution in [3.63, 3.8) is 0 Å². The number of hydrogen-bond donors (Lipinski definition) is 1. The van der Waals surface area contributed by atoms with Gasteiger partial charge >= 0.3 is 0 Å². The van der Waals surface area contributed by atoms with E-state index in [0.29, 0.717) is 6.04 Å². The molecular weight excluding hydrogens is 258 g/mol. The van der Waals surface area contributed by atoms with Crippen LogP contribution in [0.5, 0.6) is 0 Å². The lowest BCUT2D eigenvalue weighted by Crippen LogP contribution is -2.54. The topological polar surface area (TPSA) is 25.2 Å². The molecule has 1 unspecified atom stereocenters. The van der Waals surface area contributed by atoms with E-state index < -0.39 is 0 Å². The minimum atomic E-state index is 0.281. The lowest BCUT2D eigenvalue weighted by Gasteiger charge is -2.48. The van der Waals surface area contributed by atoms with E-state index in [-0.39, 0.29) is 5.41 Å². The molecule has 3 rings (SSSR count). The molecule has 1 aliphatic carbocycles. The lowest BCUT2D eigenvalue weighted by molar-refractivity contribution is 0.163. The van der Waals surface area contributed by atoms with Gasteiger partial charge in [0.1, 0.15) is 5.76 Å². The first-order valence-corrected chi connectivity index (χ1v) is 8.16. The Morgan fingerprint density at radius 3 is 2.52 bits per heavy atom. The summed E-state index contributed by atoms with van der Waals surface area (Å²) in [6.07, 6.45) is 7.80. The first-order valence-electron chi connectivity index (χ1n) is 8.16. The zero-order chi connectivity index (χ0) is 14.5. The van der Waals surface area contributed by atoms with Crippen LogP contribution in [-0.4, -0.2) is 12.6 Å². The van der Waals surface area contributed by atoms with Crippen LogP contribution in [0.3, 0.4) is 0 Å². The molecule has 0 spiro atoms. The molecule has 1 N–H and O–H groups in total. The third-order valence-electron chi connectivity index (χ3n) is 4.89. The number of benzene rings is 1. The Morgan fingerprint density at radius 1 is 1.14 bits per heavy atom. The van der Waals surface area contributed by atoms with Crippen molar-refractivity contribution in [2.24, 2.45) is 0 Å². The van der Waals surface area contributed by atoms with E-state index in [1.54, 1.807) is 6.26 Å². The van der Waals surface area contributed by atoms with Crippen LogP contribution in [0.15, 0.2) is 53.1 Å². The van der Waals surface area contributed by atoms with E-state index in [0.717, 1.165) is 18.7 Å². The maximum absolute atomic E-state index is 5.60. The number of furan rings is 1. The van der Waals surface area contributed by atoms with E-state index >= 15 is 0 Å². The first-order chi connectivity index (χ1) is 10.3. The van der Waals surface area contributed by atoms with Crippen LogP contribution in [0, 0.1) is 0 Å². The average molecular weight is 283 g/mol. The third kappa shape index (κ3) is 2.91. The zero-order valence-electron chi connectivity index (χ0n) is 12.8. The van der Waals surface area contributed by atoms with Gasteiger partial charge in [0.25, 0.3) is 0 Å². The van der Waals surface area contributed by atoms with Gasteiger partial charge in [0.15, 0.2) is 0 Å². The summed E-state index contributed by atoms with van der Waals surface area (Å²) in [6, 6.07) is 15.6. The third-order valence-corrected chi connectivity index (χ3v) is 4.89. The molecule has 1 heterocycles. The van der Waals surface area contributed by atoms with Gasteiger partial charge in [0.2, 0.25) is 0 Å². The molecule has 1 atom stereocenters. The van der Waals surface area contributed by atoms with Gasteiger partial charge < -0.3 is 9.73 Å². The number of hydrogen-bond acceptors (Lipinski definition) is 2. The summed E-state index contributed by atoms with van der Waals surface area (Å²) < 4.78 is 5.60. The Kier molecular flexibility index (Phi) is 4.45. The molecule has 0 amide bonds. The van der Waals surface area contributed by atoms with Crippen molar-refractivity contribution in [2.45, 2.75) is 50.5 Å². The summed E-state index contributed by atoms with van der Waals surface area (Å²) in [7, 11) is 0. The molecule has 2 heteroatoms. The van der Waals surface area contributed by atoms with E-state index in [2.05, 4.69) is 48.6 Å². The van der Waals surface area contributed by atoms with Gasteiger partial charge in [-0.3, -0.25) is 0 Å². The molecule has 0 radical (unpaired) electrons. The van der Waals surface area contributed by atoms with Crippen LogP contribution >= 0.6 is 0 Å². The smallest absolute Gasteiger partial charge is 0.105 e. The molecule has 2 aromatic rings. The van der Waals surface area contributed by atoms with Gasteiger partial charge in [0, 0.05) is 17.9 Å². The van der Waals surface area contributed by atoms with E-state index in [9.17, 15) is 0 Å². The number of nitrogens with one attached hydrogen (secondary N) is 1. The molecule has 0 saturated heterocycles. The summed E-state index contributed by atoms with van der Waals surface area (Å²) >= 11 is 0. The molecule has 1 aromatic heterocycles. The van der Waals surface area contributed by atoms with Crippen molar-refractivity contribution in [2.75, 3.05) is 6.54 Å². The largest absolute Gasteiger partial charge is 0.469 e. The molecule has 2 nitrogen and oxygen atoms in total. The van der Waals surface area contributed by atoms with Gasteiger partial charge in [-0.2, -0.15) is 0 Å². The van der Waals surface area contributed by atoms with Crippen molar-refractivity contribution in [3.05, 3.63) is 60.1 Å². The monoisotopic (exact) mass is 283 g/mol. The minimum absolute atomic E-state index is 0.281. The van der Waals surface area contributed by atoms with Gasteiger partial charge in [-0.15, -0.1) is 0 Å². The number of rotatable bonds is 7. The fraction of sp³-hybridized carbons (Fsp3) is 0.474. The summed E-state index contributed by atoms with van der Waals surface area (Å²) in [5, 5.41) is 3.79. The van der Waals surface area contributed by atoms with Crippen LogP contribution < -0.4 is 5.32 Å². The fourth-order valence-electron chi connectivity index (χ4n) is 3.58. The maximum atomic E-state index is 5.60. The highest BCUT2D eigenvalue weighted by atomic mass is 16.3. The Morgan fingerprint density at radius 2 is 1.95 bits per heavy atom. The zero-order valence-corrected chi connectivity index (χ0v) is 12.8. The molecule has 0 aliphatic heterocycles. The molecular formula is C19H25NO. The second-order valence-electron chi connectivity index (χ2n) is 6.17. The summed E-state index contributed by atoms with van der Waals surface area (Å²) in [6.45, 7) is 3.30. The van der Waals surface area contributed by atoms with E-state index in [1.807, 2.05) is 6.07 Å². The normalized spacial score (nSPS) is 18.1. The average Bonchev–Trinajstić information content (AvgIpc) is 2.97.